The molecule has 0 radical (unpaired) electrons. The van der Waals surface area contributed by atoms with E-state index in [-0.39, 0.29) is 12.5 Å². The fraction of sp³-hybridized carbons (Fsp3) is 0.500. The number of nitrogens with one attached hydrogen (secondary N) is 2. The van der Waals surface area contributed by atoms with Gasteiger partial charge in [0.2, 0.25) is 0 Å². The number of hydrogen-bond donors (Lipinski definition) is 3. The number of carbonyl (C=O) groups is 2. The van der Waals surface area contributed by atoms with Crippen LogP contribution >= 0.6 is 0 Å². The van der Waals surface area contributed by atoms with Crippen LogP contribution in [0.2, 0.25) is 0 Å². The van der Waals surface area contributed by atoms with Gasteiger partial charge in [-0.3, -0.25) is 4.79 Å². The van der Waals surface area contributed by atoms with Gasteiger partial charge in [0.25, 0.3) is 0 Å². The molecule has 28 heavy (non-hydrogen) atoms. The molecular formula is C22H29N3O3. The highest BCUT2D eigenvalue weighted by molar-refractivity contribution is 5.89. The van der Waals surface area contributed by atoms with Crippen LogP contribution in [0.25, 0.3) is 0 Å². The van der Waals surface area contributed by atoms with Crippen LogP contribution in [0.15, 0.2) is 47.6 Å². The van der Waals surface area contributed by atoms with Crippen LogP contribution in [0.4, 0.5) is 10.5 Å². The molecule has 2 fully saturated rings. The minimum absolute atomic E-state index is 0.227. The van der Waals surface area contributed by atoms with Crippen LogP contribution < -0.4 is 10.7 Å². The molecule has 0 heterocycles. The van der Waals surface area contributed by atoms with Crippen molar-refractivity contribution in [2.45, 2.75) is 44.9 Å². The molecule has 0 aromatic heterocycles. The first kappa shape index (κ1) is 20.1. The van der Waals surface area contributed by atoms with Crippen molar-refractivity contribution >= 4 is 23.9 Å². The van der Waals surface area contributed by atoms with E-state index in [1.54, 1.807) is 0 Å². The number of hydrogen-bond acceptors (Lipinski definition) is 3. The SMILES string of the molecule is O=C(O)CCC/C=C\C[C@@H]1[C@@H]2CC[C@H](C2)[C@H]1/C=N/NC(=O)Nc1ccccc1. The maximum absolute atomic E-state index is 12.0. The molecule has 6 heteroatoms. The number of allylic oxidation sites excluding steroid dienone is 2. The molecule has 2 amide bonds. The number of nitrogens with zero attached hydrogens (tertiary/aromatic N) is 1. The van der Waals surface area contributed by atoms with Gasteiger partial charge in [-0.05, 0) is 68.4 Å². The maximum atomic E-state index is 12.0. The first-order chi connectivity index (χ1) is 13.6. The fourth-order valence-electron chi connectivity index (χ4n) is 4.64. The summed E-state index contributed by atoms with van der Waals surface area (Å²) in [5, 5.41) is 15.7. The molecule has 1 aromatic carbocycles. The van der Waals surface area contributed by atoms with Gasteiger partial charge in [-0.2, -0.15) is 5.10 Å². The Hall–Kier alpha value is -2.63. The number of amides is 2. The third-order valence-electron chi connectivity index (χ3n) is 5.94. The minimum atomic E-state index is -0.735. The summed E-state index contributed by atoms with van der Waals surface area (Å²) in [4.78, 5) is 22.5. The molecule has 0 spiro atoms. The van der Waals surface area contributed by atoms with Crippen molar-refractivity contribution in [2.75, 3.05) is 5.32 Å². The zero-order valence-corrected chi connectivity index (χ0v) is 16.1. The third kappa shape index (κ3) is 5.68. The molecule has 2 aliphatic carbocycles. The number of carboxylic acids is 1. The number of carboxylic acid groups (broad SMARTS) is 1. The quantitative estimate of drug-likeness (QED) is 0.251. The normalized spacial score (nSPS) is 26.1. The molecule has 0 unspecified atom stereocenters. The van der Waals surface area contributed by atoms with Gasteiger partial charge in [0.05, 0.1) is 0 Å². The Kier molecular flexibility index (Phi) is 7.23. The first-order valence-electron chi connectivity index (χ1n) is 10.2. The monoisotopic (exact) mass is 383 g/mol. The summed E-state index contributed by atoms with van der Waals surface area (Å²) in [7, 11) is 0. The number of urea groups is 1. The zero-order valence-electron chi connectivity index (χ0n) is 16.1. The van der Waals surface area contributed by atoms with Gasteiger partial charge in [0, 0.05) is 24.2 Å². The summed E-state index contributed by atoms with van der Waals surface area (Å²) in [6.45, 7) is 0. The Morgan fingerprint density at radius 3 is 2.71 bits per heavy atom. The number of unbranched alkanes of at least 4 members (excludes halogenated alkanes) is 1. The molecule has 2 aliphatic rings. The van der Waals surface area contributed by atoms with Gasteiger partial charge in [-0.25, -0.2) is 10.2 Å². The molecular weight excluding hydrogens is 354 g/mol. The summed E-state index contributed by atoms with van der Waals surface area (Å²) in [5.74, 6) is 1.64. The highest BCUT2D eigenvalue weighted by atomic mass is 16.4. The van der Waals surface area contributed by atoms with Crippen LogP contribution in [-0.4, -0.2) is 23.3 Å². The Labute approximate surface area is 166 Å². The van der Waals surface area contributed by atoms with E-state index in [2.05, 4.69) is 28.0 Å². The summed E-state index contributed by atoms with van der Waals surface area (Å²) < 4.78 is 0. The van der Waals surface area contributed by atoms with E-state index in [9.17, 15) is 9.59 Å². The minimum Gasteiger partial charge on any atom is -0.481 e. The largest absolute Gasteiger partial charge is 0.481 e. The van der Waals surface area contributed by atoms with E-state index in [0.29, 0.717) is 24.2 Å². The third-order valence-corrected chi connectivity index (χ3v) is 5.94. The molecule has 3 N–H and O–H groups in total. The molecule has 4 atom stereocenters. The molecule has 1 aromatic rings. The standard InChI is InChI=1S/C22H29N3O3/c26-21(27)11-7-2-1-6-10-19-16-12-13-17(14-16)20(19)15-23-25-22(28)24-18-8-4-3-5-9-18/h1,3-6,8-9,15-17,19-20H,2,7,10-14H2,(H,26,27)(H2,24,25,28)/b6-1-,23-15+/t16-,17-,19-,20-/m1/s1. The van der Waals surface area contributed by atoms with Crippen LogP contribution in [-0.2, 0) is 4.79 Å². The van der Waals surface area contributed by atoms with E-state index in [0.717, 1.165) is 24.4 Å². The summed E-state index contributed by atoms with van der Waals surface area (Å²) in [6.07, 6.45) is 12.7. The average Bonchev–Trinajstić information content (AvgIpc) is 3.27. The Balaban J connectivity index is 1.46. The van der Waals surface area contributed by atoms with Gasteiger partial charge >= 0.3 is 12.0 Å². The molecule has 3 rings (SSSR count). The van der Waals surface area contributed by atoms with Crippen molar-refractivity contribution in [3.63, 3.8) is 0 Å². The van der Waals surface area contributed by atoms with E-state index in [4.69, 9.17) is 5.11 Å². The average molecular weight is 383 g/mol. The predicted octanol–water partition coefficient (Wildman–Crippen LogP) is 4.66. The lowest BCUT2D eigenvalue weighted by Crippen LogP contribution is -2.27. The highest BCUT2D eigenvalue weighted by Gasteiger charge is 2.45. The highest BCUT2D eigenvalue weighted by Crippen LogP contribution is 2.52. The molecule has 2 bridgehead atoms. The molecule has 2 saturated carbocycles. The van der Waals surface area contributed by atoms with E-state index >= 15 is 0 Å². The molecule has 0 aliphatic heterocycles. The number of benzene rings is 1. The van der Waals surface area contributed by atoms with Crippen LogP contribution in [0.5, 0.6) is 0 Å². The molecule has 150 valence electrons. The second-order valence-electron chi connectivity index (χ2n) is 7.78. The number of rotatable bonds is 9. The lowest BCUT2D eigenvalue weighted by molar-refractivity contribution is -0.137. The van der Waals surface area contributed by atoms with Crippen LogP contribution in [0.3, 0.4) is 0 Å². The van der Waals surface area contributed by atoms with E-state index in [1.165, 1.54) is 19.3 Å². The topological polar surface area (TPSA) is 90.8 Å². The van der Waals surface area contributed by atoms with Gasteiger partial charge in [-0.1, -0.05) is 30.4 Å². The Morgan fingerprint density at radius 2 is 1.93 bits per heavy atom. The number of hydrazone groups is 1. The van der Waals surface area contributed by atoms with Crippen molar-refractivity contribution < 1.29 is 14.7 Å². The zero-order chi connectivity index (χ0) is 19.8. The van der Waals surface area contributed by atoms with Crippen molar-refractivity contribution in [2.24, 2.45) is 28.8 Å². The van der Waals surface area contributed by atoms with E-state index < -0.39 is 5.97 Å². The Morgan fingerprint density at radius 1 is 1.14 bits per heavy atom. The number of carbonyl (C=O) groups excluding carboxylic acids is 1. The lowest BCUT2D eigenvalue weighted by Gasteiger charge is -2.27. The van der Waals surface area contributed by atoms with Crippen molar-refractivity contribution in [3.8, 4) is 0 Å². The van der Waals surface area contributed by atoms with Crippen LogP contribution in [0, 0.1) is 23.7 Å². The number of fused-ring (bicyclic) bond motifs is 2. The second-order valence-corrected chi connectivity index (χ2v) is 7.78. The molecule has 0 saturated heterocycles. The first-order valence-corrected chi connectivity index (χ1v) is 10.2. The number of aliphatic carboxylic acids is 1. The lowest BCUT2D eigenvalue weighted by atomic mass is 9.78. The van der Waals surface area contributed by atoms with Crippen molar-refractivity contribution in [3.05, 3.63) is 42.5 Å². The van der Waals surface area contributed by atoms with Gasteiger partial charge in [0.1, 0.15) is 0 Å². The second kappa shape index (κ2) is 10.1. The van der Waals surface area contributed by atoms with Gasteiger partial charge in [-0.15, -0.1) is 0 Å². The van der Waals surface area contributed by atoms with Gasteiger partial charge in [0.15, 0.2) is 0 Å². The smallest absolute Gasteiger partial charge is 0.339 e. The number of para-hydroxylation sites is 1. The predicted molar refractivity (Wildman–Crippen MR) is 110 cm³/mol. The van der Waals surface area contributed by atoms with E-state index in [1.807, 2.05) is 36.5 Å². The number of anilines is 1. The van der Waals surface area contributed by atoms with Crippen molar-refractivity contribution in [1.29, 1.82) is 0 Å². The Bertz CT molecular complexity index is 717. The maximum Gasteiger partial charge on any atom is 0.339 e. The summed E-state index contributed by atoms with van der Waals surface area (Å²) in [5.41, 5.74) is 3.32. The fourth-order valence-corrected chi connectivity index (χ4v) is 4.64. The van der Waals surface area contributed by atoms with Gasteiger partial charge < -0.3 is 10.4 Å². The van der Waals surface area contributed by atoms with Crippen molar-refractivity contribution in [1.82, 2.24) is 5.43 Å². The summed E-state index contributed by atoms with van der Waals surface area (Å²) >= 11 is 0. The molecule has 6 nitrogen and oxygen atoms in total. The summed E-state index contributed by atoms with van der Waals surface area (Å²) in [6, 6.07) is 8.97. The van der Waals surface area contributed by atoms with Crippen LogP contribution in [0.1, 0.15) is 44.9 Å².